The van der Waals surface area contributed by atoms with Crippen molar-refractivity contribution >= 4 is 51.5 Å². The van der Waals surface area contributed by atoms with E-state index in [0.717, 1.165) is 3.57 Å². The van der Waals surface area contributed by atoms with Crippen LogP contribution in [0.15, 0.2) is 36.4 Å². The molecule has 0 bridgehead atoms. The van der Waals surface area contributed by atoms with Crippen LogP contribution < -0.4 is 15.8 Å². The Morgan fingerprint density at radius 3 is 2.75 bits per heavy atom. The second-order valence-electron chi connectivity index (χ2n) is 4.01. The lowest BCUT2D eigenvalue weighted by molar-refractivity contribution is 0.102. The van der Waals surface area contributed by atoms with Crippen molar-refractivity contribution in [3.63, 3.8) is 0 Å². The van der Waals surface area contributed by atoms with Crippen molar-refractivity contribution in [2.45, 2.75) is 0 Å². The SMILES string of the molecule is COc1c(N)cccc1C(=O)Nc1ccc(I)cc1Cl. The number of rotatable bonds is 3. The highest BCUT2D eigenvalue weighted by molar-refractivity contribution is 14.1. The lowest BCUT2D eigenvalue weighted by Crippen LogP contribution is -2.14. The van der Waals surface area contributed by atoms with Crippen molar-refractivity contribution in [3.05, 3.63) is 50.6 Å². The summed E-state index contributed by atoms with van der Waals surface area (Å²) in [6.07, 6.45) is 0. The van der Waals surface area contributed by atoms with Crippen LogP contribution >= 0.6 is 34.2 Å². The fourth-order valence-electron chi connectivity index (χ4n) is 1.74. The summed E-state index contributed by atoms with van der Waals surface area (Å²) in [4.78, 5) is 12.3. The topological polar surface area (TPSA) is 64.3 Å². The zero-order valence-corrected chi connectivity index (χ0v) is 13.5. The molecule has 0 aromatic heterocycles. The van der Waals surface area contributed by atoms with Gasteiger partial charge in [0.15, 0.2) is 5.75 Å². The second kappa shape index (κ2) is 6.32. The minimum atomic E-state index is -0.322. The van der Waals surface area contributed by atoms with Gasteiger partial charge in [0.05, 0.1) is 29.1 Å². The van der Waals surface area contributed by atoms with Crippen molar-refractivity contribution < 1.29 is 9.53 Å². The molecule has 2 aromatic rings. The van der Waals surface area contributed by atoms with Gasteiger partial charge in [-0.2, -0.15) is 0 Å². The van der Waals surface area contributed by atoms with Crippen molar-refractivity contribution in [2.24, 2.45) is 0 Å². The van der Waals surface area contributed by atoms with Crippen LogP contribution in [-0.4, -0.2) is 13.0 Å². The van der Waals surface area contributed by atoms with E-state index in [2.05, 4.69) is 27.9 Å². The average Bonchev–Trinajstić information content (AvgIpc) is 2.41. The van der Waals surface area contributed by atoms with E-state index in [1.54, 1.807) is 30.3 Å². The monoisotopic (exact) mass is 402 g/mol. The van der Waals surface area contributed by atoms with Crippen LogP contribution in [0.5, 0.6) is 5.75 Å². The number of ether oxygens (including phenoxy) is 1. The number of carbonyl (C=O) groups excluding carboxylic acids is 1. The molecule has 104 valence electrons. The van der Waals surface area contributed by atoms with Gasteiger partial charge in [-0.3, -0.25) is 4.79 Å². The summed E-state index contributed by atoms with van der Waals surface area (Å²) in [7, 11) is 1.47. The highest BCUT2D eigenvalue weighted by Gasteiger charge is 2.15. The summed E-state index contributed by atoms with van der Waals surface area (Å²) in [5.41, 5.74) is 7.10. The molecule has 0 radical (unpaired) electrons. The third-order valence-electron chi connectivity index (χ3n) is 2.67. The van der Waals surface area contributed by atoms with E-state index in [0.29, 0.717) is 27.7 Å². The van der Waals surface area contributed by atoms with Crippen LogP contribution in [0.3, 0.4) is 0 Å². The van der Waals surface area contributed by atoms with Gasteiger partial charge < -0.3 is 15.8 Å². The van der Waals surface area contributed by atoms with Crippen LogP contribution in [0.25, 0.3) is 0 Å². The Balaban J connectivity index is 2.31. The van der Waals surface area contributed by atoms with E-state index in [1.807, 2.05) is 6.07 Å². The average molecular weight is 403 g/mol. The number of hydrogen-bond donors (Lipinski definition) is 2. The Morgan fingerprint density at radius 1 is 1.35 bits per heavy atom. The van der Waals surface area contributed by atoms with Gasteiger partial charge in [-0.15, -0.1) is 0 Å². The quantitative estimate of drug-likeness (QED) is 0.606. The van der Waals surface area contributed by atoms with Crippen molar-refractivity contribution in [3.8, 4) is 5.75 Å². The van der Waals surface area contributed by atoms with Gasteiger partial charge in [-0.05, 0) is 52.9 Å². The van der Waals surface area contributed by atoms with E-state index in [9.17, 15) is 4.79 Å². The lowest BCUT2D eigenvalue weighted by atomic mass is 10.1. The van der Waals surface area contributed by atoms with Gasteiger partial charge in [0.25, 0.3) is 5.91 Å². The fraction of sp³-hybridized carbons (Fsp3) is 0.0714. The zero-order chi connectivity index (χ0) is 14.7. The Labute approximate surface area is 135 Å². The number of benzene rings is 2. The van der Waals surface area contributed by atoms with Crippen LogP contribution in [0.4, 0.5) is 11.4 Å². The van der Waals surface area contributed by atoms with Gasteiger partial charge >= 0.3 is 0 Å². The number of methoxy groups -OCH3 is 1. The summed E-state index contributed by atoms with van der Waals surface area (Å²) in [5, 5.41) is 3.23. The summed E-state index contributed by atoms with van der Waals surface area (Å²) in [5.74, 6) is 0.0314. The summed E-state index contributed by atoms with van der Waals surface area (Å²) in [6, 6.07) is 10.4. The lowest BCUT2D eigenvalue weighted by Gasteiger charge is -2.12. The molecule has 2 aromatic carbocycles. The molecule has 6 heteroatoms. The highest BCUT2D eigenvalue weighted by Crippen LogP contribution is 2.28. The Bertz CT molecular complexity index is 662. The van der Waals surface area contributed by atoms with Gasteiger partial charge in [0, 0.05) is 3.57 Å². The molecular weight excluding hydrogens is 391 g/mol. The molecule has 2 rings (SSSR count). The third kappa shape index (κ3) is 3.16. The van der Waals surface area contributed by atoms with E-state index >= 15 is 0 Å². The first-order valence-corrected chi connectivity index (χ1v) is 7.17. The summed E-state index contributed by atoms with van der Waals surface area (Å²) >= 11 is 8.24. The highest BCUT2D eigenvalue weighted by atomic mass is 127. The number of amides is 1. The largest absolute Gasteiger partial charge is 0.494 e. The molecule has 0 spiro atoms. The normalized spacial score (nSPS) is 10.2. The van der Waals surface area contributed by atoms with Crippen molar-refractivity contribution in [1.82, 2.24) is 0 Å². The molecule has 4 nitrogen and oxygen atoms in total. The predicted octanol–water partition coefficient (Wildman–Crippen LogP) is 3.79. The standard InChI is InChI=1S/C14H12ClIN2O2/c1-20-13-9(3-2-4-11(13)17)14(19)18-12-6-5-8(16)7-10(12)15/h2-7H,17H2,1H3,(H,18,19). The van der Waals surface area contributed by atoms with Gasteiger partial charge in [-0.25, -0.2) is 0 Å². The molecule has 0 aliphatic rings. The molecule has 0 fully saturated rings. The molecule has 0 aliphatic carbocycles. The van der Waals surface area contributed by atoms with Crippen molar-refractivity contribution in [2.75, 3.05) is 18.2 Å². The minimum absolute atomic E-state index is 0.322. The molecule has 1 amide bonds. The molecule has 0 unspecified atom stereocenters. The predicted molar refractivity (Wildman–Crippen MR) is 89.5 cm³/mol. The molecular formula is C14H12ClIN2O2. The van der Waals surface area contributed by atoms with Gasteiger partial charge in [0.1, 0.15) is 0 Å². The van der Waals surface area contributed by atoms with E-state index in [-0.39, 0.29) is 5.91 Å². The molecule has 0 saturated carbocycles. The number of carbonyl (C=O) groups is 1. The Kier molecular flexibility index (Phi) is 4.72. The van der Waals surface area contributed by atoms with E-state index < -0.39 is 0 Å². The van der Waals surface area contributed by atoms with Crippen LogP contribution in [0, 0.1) is 3.57 Å². The smallest absolute Gasteiger partial charge is 0.259 e. The summed E-state index contributed by atoms with van der Waals surface area (Å²) < 4.78 is 6.16. The molecule has 3 N–H and O–H groups in total. The van der Waals surface area contributed by atoms with Crippen LogP contribution in [-0.2, 0) is 0 Å². The number of para-hydroxylation sites is 1. The van der Waals surface area contributed by atoms with Gasteiger partial charge in [0.2, 0.25) is 0 Å². The fourth-order valence-corrected chi connectivity index (χ4v) is 2.65. The number of nitrogen functional groups attached to an aromatic ring is 1. The van der Waals surface area contributed by atoms with Crippen molar-refractivity contribution in [1.29, 1.82) is 0 Å². The number of anilines is 2. The molecule has 0 aliphatic heterocycles. The summed E-state index contributed by atoms with van der Waals surface area (Å²) in [6.45, 7) is 0. The maximum Gasteiger partial charge on any atom is 0.259 e. The Morgan fingerprint density at radius 2 is 2.10 bits per heavy atom. The number of hydrogen-bond acceptors (Lipinski definition) is 3. The number of nitrogens with one attached hydrogen (secondary N) is 1. The zero-order valence-electron chi connectivity index (χ0n) is 10.6. The Hall–Kier alpha value is -1.47. The van der Waals surface area contributed by atoms with Crippen LogP contribution in [0.2, 0.25) is 5.02 Å². The molecule has 20 heavy (non-hydrogen) atoms. The molecule has 0 heterocycles. The second-order valence-corrected chi connectivity index (χ2v) is 5.66. The maximum atomic E-state index is 12.3. The van der Waals surface area contributed by atoms with E-state index in [1.165, 1.54) is 7.11 Å². The third-order valence-corrected chi connectivity index (χ3v) is 3.66. The number of nitrogens with two attached hydrogens (primary N) is 1. The first-order chi connectivity index (χ1) is 9.52. The first kappa shape index (κ1) is 14.9. The van der Waals surface area contributed by atoms with E-state index in [4.69, 9.17) is 22.1 Å². The minimum Gasteiger partial charge on any atom is -0.494 e. The van der Waals surface area contributed by atoms with Crippen LogP contribution in [0.1, 0.15) is 10.4 Å². The molecule has 0 atom stereocenters. The maximum absolute atomic E-state index is 12.3. The number of halogens is 2. The van der Waals surface area contributed by atoms with Gasteiger partial charge in [-0.1, -0.05) is 17.7 Å². The molecule has 0 saturated heterocycles. The first-order valence-electron chi connectivity index (χ1n) is 5.72.